The molecule has 26 heavy (non-hydrogen) atoms. The van der Waals surface area contributed by atoms with E-state index in [1.54, 1.807) is 6.08 Å². The Kier molecular flexibility index (Phi) is 17.0. The zero-order valence-electron chi connectivity index (χ0n) is 16.8. The van der Waals surface area contributed by atoms with Crippen LogP contribution in [0.25, 0.3) is 0 Å². The van der Waals surface area contributed by atoms with Gasteiger partial charge in [0.05, 0.1) is 0 Å². The number of ether oxygens (including phenoxy) is 1. The van der Waals surface area contributed by atoms with Crippen molar-refractivity contribution in [2.75, 3.05) is 26.2 Å². The molecule has 5 heteroatoms. The van der Waals surface area contributed by atoms with Gasteiger partial charge in [0, 0.05) is 18.7 Å². The molecule has 0 spiro atoms. The number of esters is 1. The molecular weight excluding hydrogens is 328 g/mol. The lowest BCUT2D eigenvalue weighted by Gasteiger charge is -2.06. The molecule has 150 valence electrons. The molecule has 0 aromatic carbocycles. The van der Waals surface area contributed by atoms with E-state index in [-0.39, 0.29) is 5.91 Å². The molecule has 2 N–H and O–H groups in total. The maximum atomic E-state index is 11.7. The van der Waals surface area contributed by atoms with Crippen LogP contribution in [0.15, 0.2) is 24.3 Å². The van der Waals surface area contributed by atoms with Gasteiger partial charge in [0.2, 0.25) is 5.91 Å². The number of nitrogens with one attached hydrogen (secondary N) is 2. The van der Waals surface area contributed by atoms with E-state index in [0.29, 0.717) is 31.7 Å². The summed E-state index contributed by atoms with van der Waals surface area (Å²) in [6.07, 6.45) is 12.9. The van der Waals surface area contributed by atoms with Crippen LogP contribution in [0.5, 0.6) is 0 Å². The van der Waals surface area contributed by atoms with Gasteiger partial charge in [-0.2, -0.15) is 0 Å². The minimum absolute atomic E-state index is 0.125. The van der Waals surface area contributed by atoms with E-state index in [4.69, 9.17) is 4.74 Å². The summed E-state index contributed by atoms with van der Waals surface area (Å²) in [5.41, 5.74) is 0.360. The van der Waals surface area contributed by atoms with E-state index >= 15 is 0 Å². The minimum atomic E-state index is -0.403. The fraction of sp³-hybridized carbons (Fsp3) is 0.714. The summed E-state index contributed by atoms with van der Waals surface area (Å²) in [7, 11) is 0. The van der Waals surface area contributed by atoms with Gasteiger partial charge in [0.1, 0.15) is 6.61 Å². The lowest BCUT2D eigenvalue weighted by molar-refractivity contribution is -0.138. The third kappa shape index (κ3) is 15.9. The summed E-state index contributed by atoms with van der Waals surface area (Å²) in [6.45, 7) is 10.7. The average Bonchev–Trinajstić information content (AvgIpc) is 2.63. The summed E-state index contributed by atoms with van der Waals surface area (Å²) in [4.78, 5) is 23.4. The number of carbonyl (C=O) groups excluding carboxylic acids is 2. The summed E-state index contributed by atoms with van der Waals surface area (Å²) in [5.74, 6) is -0.528. The normalized spacial score (nSPS) is 10.8. The predicted octanol–water partition coefficient (Wildman–Crippen LogP) is 3.90. The molecule has 5 nitrogen and oxygen atoms in total. The molecule has 0 aromatic heterocycles. The number of rotatable bonds is 17. The molecule has 0 aliphatic rings. The van der Waals surface area contributed by atoms with E-state index < -0.39 is 5.97 Å². The quantitative estimate of drug-likeness (QED) is 0.233. The summed E-state index contributed by atoms with van der Waals surface area (Å²) in [5, 5.41) is 6.06. The third-order valence-electron chi connectivity index (χ3n) is 3.97. The molecule has 0 aliphatic heterocycles. The SMILES string of the molecule is C=C(CC=CC(=O)NCCCCCCCC)C(=O)OCCNCCCC. The van der Waals surface area contributed by atoms with Crippen LogP contribution < -0.4 is 10.6 Å². The fourth-order valence-electron chi connectivity index (χ4n) is 2.31. The van der Waals surface area contributed by atoms with E-state index in [0.717, 1.165) is 32.2 Å². The Hall–Kier alpha value is -1.62. The molecule has 0 bridgehead atoms. The van der Waals surface area contributed by atoms with Crippen LogP contribution in [-0.4, -0.2) is 38.1 Å². The van der Waals surface area contributed by atoms with Crippen molar-refractivity contribution in [3.05, 3.63) is 24.3 Å². The first-order valence-electron chi connectivity index (χ1n) is 10.1. The number of unbranched alkanes of at least 4 members (excludes halogenated alkanes) is 6. The molecule has 1 amide bonds. The predicted molar refractivity (Wildman–Crippen MR) is 108 cm³/mol. The van der Waals surface area contributed by atoms with Crippen molar-refractivity contribution < 1.29 is 14.3 Å². The van der Waals surface area contributed by atoms with Gasteiger partial charge in [0.25, 0.3) is 0 Å². The average molecular weight is 367 g/mol. The van der Waals surface area contributed by atoms with Crippen molar-refractivity contribution in [1.29, 1.82) is 0 Å². The van der Waals surface area contributed by atoms with Crippen molar-refractivity contribution in [2.24, 2.45) is 0 Å². The van der Waals surface area contributed by atoms with Crippen LogP contribution in [0.4, 0.5) is 0 Å². The molecule has 0 aliphatic carbocycles. The van der Waals surface area contributed by atoms with E-state index in [1.807, 2.05) is 0 Å². The monoisotopic (exact) mass is 366 g/mol. The summed E-state index contributed by atoms with van der Waals surface area (Å²) >= 11 is 0. The van der Waals surface area contributed by atoms with Gasteiger partial charge in [0.15, 0.2) is 0 Å². The first-order chi connectivity index (χ1) is 12.6. The Morgan fingerprint density at radius 1 is 0.923 bits per heavy atom. The molecule has 0 heterocycles. The Balaban J connectivity index is 3.66. The van der Waals surface area contributed by atoms with Crippen LogP contribution in [-0.2, 0) is 14.3 Å². The Bertz CT molecular complexity index is 419. The molecule has 0 radical (unpaired) electrons. The van der Waals surface area contributed by atoms with Crippen LogP contribution >= 0.6 is 0 Å². The third-order valence-corrected chi connectivity index (χ3v) is 3.97. The highest BCUT2D eigenvalue weighted by molar-refractivity contribution is 5.89. The van der Waals surface area contributed by atoms with Gasteiger partial charge in [-0.3, -0.25) is 4.79 Å². The second kappa shape index (κ2) is 18.2. The largest absolute Gasteiger partial charge is 0.461 e. The number of amides is 1. The van der Waals surface area contributed by atoms with Gasteiger partial charge in [-0.25, -0.2) is 4.79 Å². The van der Waals surface area contributed by atoms with Crippen LogP contribution in [0.2, 0.25) is 0 Å². The van der Waals surface area contributed by atoms with Gasteiger partial charge >= 0.3 is 5.97 Å². The molecule has 0 aromatic rings. The van der Waals surface area contributed by atoms with Gasteiger partial charge in [-0.05, 0) is 31.9 Å². The number of hydrogen-bond donors (Lipinski definition) is 2. The van der Waals surface area contributed by atoms with Crippen LogP contribution in [0, 0.1) is 0 Å². The standard InChI is InChI=1S/C21H38N2O3/c1-4-6-8-9-10-11-16-23-20(24)14-12-13-19(3)21(25)26-18-17-22-15-7-5-2/h12,14,22H,3-11,13,15-18H2,1-2H3,(H,23,24). The van der Waals surface area contributed by atoms with Gasteiger partial charge < -0.3 is 15.4 Å². The highest BCUT2D eigenvalue weighted by Crippen LogP contribution is 2.04. The van der Waals surface area contributed by atoms with E-state index in [2.05, 4.69) is 31.1 Å². The molecule has 0 unspecified atom stereocenters. The first-order valence-corrected chi connectivity index (χ1v) is 10.1. The van der Waals surface area contributed by atoms with Crippen molar-refractivity contribution in [2.45, 2.75) is 71.6 Å². The zero-order chi connectivity index (χ0) is 19.5. The lowest BCUT2D eigenvalue weighted by Crippen LogP contribution is -2.23. The van der Waals surface area contributed by atoms with Gasteiger partial charge in [-0.15, -0.1) is 0 Å². The van der Waals surface area contributed by atoms with E-state index in [9.17, 15) is 9.59 Å². The van der Waals surface area contributed by atoms with Crippen molar-refractivity contribution >= 4 is 11.9 Å². The van der Waals surface area contributed by atoms with Crippen molar-refractivity contribution in [3.8, 4) is 0 Å². The lowest BCUT2D eigenvalue weighted by atomic mass is 10.1. The maximum Gasteiger partial charge on any atom is 0.333 e. The first kappa shape index (κ1) is 24.4. The fourth-order valence-corrected chi connectivity index (χ4v) is 2.31. The summed E-state index contributed by atoms with van der Waals surface area (Å²) < 4.78 is 5.13. The van der Waals surface area contributed by atoms with Crippen molar-refractivity contribution in [3.63, 3.8) is 0 Å². The smallest absolute Gasteiger partial charge is 0.333 e. The number of allylic oxidation sites excluding steroid dienone is 1. The van der Waals surface area contributed by atoms with Crippen LogP contribution in [0.1, 0.15) is 71.6 Å². The second-order valence-corrected chi connectivity index (χ2v) is 6.51. The van der Waals surface area contributed by atoms with Gasteiger partial charge in [-0.1, -0.05) is 65.0 Å². The molecule has 0 saturated heterocycles. The molecule has 0 saturated carbocycles. The highest BCUT2D eigenvalue weighted by Gasteiger charge is 2.06. The Morgan fingerprint density at radius 2 is 1.62 bits per heavy atom. The number of carbonyl (C=O) groups is 2. The topological polar surface area (TPSA) is 67.4 Å². The van der Waals surface area contributed by atoms with E-state index in [1.165, 1.54) is 31.8 Å². The number of hydrogen-bond acceptors (Lipinski definition) is 4. The second-order valence-electron chi connectivity index (χ2n) is 6.51. The molecule has 0 fully saturated rings. The van der Waals surface area contributed by atoms with Crippen LogP contribution in [0.3, 0.4) is 0 Å². The summed E-state index contributed by atoms with van der Waals surface area (Å²) in [6, 6.07) is 0. The molecule has 0 atom stereocenters. The minimum Gasteiger partial charge on any atom is -0.461 e. The Labute approximate surface area is 159 Å². The Morgan fingerprint density at radius 3 is 2.35 bits per heavy atom. The maximum absolute atomic E-state index is 11.7. The molecular formula is C21H38N2O3. The molecule has 0 rings (SSSR count). The highest BCUT2D eigenvalue weighted by atomic mass is 16.5. The zero-order valence-corrected chi connectivity index (χ0v) is 16.8. The van der Waals surface area contributed by atoms with Crippen molar-refractivity contribution in [1.82, 2.24) is 10.6 Å².